The minimum atomic E-state index is -0.173. The number of rotatable bonds is 5. The van der Waals surface area contributed by atoms with Gasteiger partial charge in [0.25, 0.3) is 0 Å². The van der Waals surface area contributed by atoms with Crippen LogP contribution in [0, 0.1) is 12.3 Å². The summed E-state index contributed by atoms with van der Waals surface area (Å²) in [5.74, 6) is -0.173. The van der Waals surface area contributed by atoms with Gasteiger partial charge in [0.1, 0.15) is 5.01 Å². The van der Waals surface area contributed by atoms with Crippen molar-refractivity contribution in [3.8, 4) is 10.6 Å². The predicted molar refractivity (Wildman–Crippen MR) is 93.5 cm³/mol. The third-order valence-electron chi connectivity index (χ3n) is 3.21. The second-order valence-electron chi connectivity index (χ2n) is 5.10. The van der Waals surface area contributed by atoms with E-state index in [-0.39, 0.29) is 5.96 Å². The smallest absolute Gasteiger partial charge is 0.206 e. The van der Waals surface area contributed by atoms with Crippen molar-refractivity contribution in [2.45, 2.75) is 33.6 Å². The number of thiazole rings is 1. The lowest BCUT2D eigenvalue weighted by molar-refractivity contribution is 0.922. The molecule has 0 amide bonds. The predicted octanol–water partition coefficient (Wildman–Crippen LogP) is 3.28. The Balaban J connectivity index is 2.25. The van der Waals surface area contributed by atoms with E-state index in [1.54, 1.807) is 11.3 Å². The zero-order chi connectivity index (χ0) is 16.1. The molecule has 2 aromatic rings. The molecule has 0 fully saturated rings. The average Bonchev–Trinajstić information content (AvgIpc) is 2.88. The molecular formula is C16H21N5S. The Morgan fingerprint density at radius 1 is 1.36 bits per heavy atom. The molecule has 6 heteroatoms. The van der Waals surface area contributed by atoms with E-state index in [2.05, 4.69) is 46.7 Å². The molecule has 5 nitrogen and oxygen atoms in total. The van der Waals surface area contributed by atoms with Crippen LogP contribution in [-0.2, 0) is 6.42 Å². The molecule has 0 unspecified atom stereocenters. The molecule has 0 radical (unpaired) electrons. The van der Waals surface area contributed by atoms with Gasteiger partial charge in [0, 0.05) is 5.56 Å². The first-order valence-corrected chi connectivity index (χ1v) is 8.04. The summed E-state index contributed by atoms with van der Waals surface area (Å²) in [6.07, 6.45) is 2.25. The number of benzene rings is 1. The fraction of sp³-hybridized carbons (Fsp3) is 0.312. The van der Waals surface area contributed by atoms with Gasteiger partial charge in [0.15, 0.2) is 0 Å². The number of hydrazone groups is 1. The first kappa shape index (κ1) is 16.2. The van der Waals surface area contributed by atoms with Crippen molar-refractivity contribution in [3.63, 3.8) is 0 Å². The quantitative estimate of drug-likeness (QED) is 0.449. The molecule has 1 aromatic heterocycles. The number of nitrogens with zero attached hydrogens (tertiary/aromatic N) is 2. The fourth-order valence-electron chi connectivity index (χ4n) is 2.15. The summed E-state index contributed by atoms with van der Waals surface area (Å²) in [5.41, 5.74) is 11.9. The molecule has 0 aliphatic carbocycles. The summed E-state index contributed by atoms with van der Waals surface area (Å²) >= 11 is 1.60. The van der Waals surface area contributed by atoms with Crippen molar-refractivity contribution in [3.05, 3.63) is 40.4 Å². The molecular weight excluding hydrogens is 294 g/mol. The summed E-state index contributed by atoms with van der Waals surface area (Å²) < 4.78 is 0. The number of aryl methyl sites for hydroxylation is 2. The highest BCUT2D eigenvalue weighted by Gasteiger charge is 2.12. The molecule has 0 saturated heterocycles. The Hall–Kier alpha value is -2.21. The highest BCUT2D eigenvalue weighted by Crippen LogP contribution is 2.28. The normalized spacial score (nSPS) is 11.5. The number of nitrogens with two attached hydrogens (primary N) is 1. The number of nitrogens with one attached hydrogen (secondary N) is 2. The van der Waals surface area contributed by atoms with Crippen molar-refractivity contribution < 1.29 is 0 Å². The lowest BCUT2D eigenvalue weighted by Crippen LogP contribution is -2.26. The Morgan fingerprint density at radius 2 is 2.05 bits per heavy atom. The van der Waals surface area contributed by atoms with Gasteiger partial charge in [-0.05, 0) is 25.8 Å². The van der Waals surface area contributed by atoms with Gasteiger partial charge in [-0.15, -0.1) is 11.3 Å². The summed E-state index contributed by atoms with van der Waals surface area (Å²) in [6.45, 7) is 6.03. The summed E-state index contributed by atoms with van der Waals surface area (Å²) in [4.78, 5) is 5.63. The SMILES string of the molecule is CCCc1ccc(-c2nc(C)c(/C(C)=N/NC(=N)N)s2)cc1. The van der Waals surface area contributed by atoms with E-state index in [4.69, 9.17) is 11.1 Å². The lowest BCUT2D eigenvalue weighted by Gasteiger charge is -2.00. The molecule has 0 atom stereocenters. The van der Waals surface area contributed by atoms with E-state index in [0.717, 1.165) is 39.7 Å². The first-order valence-electron chi connectivity index (χ1n) is 7.22. The second-order valence-corrected chi connectivity index (χ2v) is 6.10. The molecule has 0 aliphatic rings. The van der Waals surface area contributed by atoms with E-state index in [0.29, 0.717) is 0 Å². The first-order chi connectivity index (χ1) is 10.5. The van der Waals surface area contributed by atoms with Crippen LogP contribution < -0.4 is 11.2 Å². The Bertz CT molecular complexity index is 685. The Morgan fingerprint density at radius 3 is 2.64 bits per heavy atom. The van der Waals surface area contributed by atoms with Crippen LogP contribution in [0.5, 0.6) is 0 Å². The van der Waals surface area contributed by atoms with Gasteiger partial charge in [-0.1, -0.05) is 37.6 Å². The molecule has 0 bridgehead atoms. The third-order valence-corrected chi connectivity index (χ3v) is 4.52. The van der Waals surface area contributed by atoms with Crippen LogP contribution in [0.3, 0.4) is 0 Å². The maximum atomic E-state index is 7.15. The molecule has 1 heterocycles. The lowest BCUT2D eigenvalue weighted by atomic mass is 10.1. The largest absolute Gasteiger partial charge is 0.369 e. The molecule has 116 valence electrons. The third kappa shape index (κ3) is 3.92. The van der Waals surface area contributed by atoms with Gasteiger partial charge in [-0.3, -0.25) is 5.41 Å². The standard InChI is InChI=1S/C16H21N5S/c1-4-5-12-6-8-13(9-7-12)15-19-10(2)14(22-15)11(3)20-21-16(17)18/h6-9H,4-5H2,1-3H3,(H4,17,18,21)/b20-11+. The Kier molecular flexibility index (Phi) is 5.27. The minimum absolute atomic E-state index is 0.173. The number of hydrogen-bond acceptors (Lipinski definition) is 4. The summed E-state index contributed by atoms with van der Waals surface area (Å²) in [6, 6.07) is 8.56. The van der Waals surface area contributed by atoms with Crippen molar-refractivity contribution in [1.82, 2.24) is 10.4 Å². The maximum Gasteiger partial charge on any atom is 0.206 e. The maximum absolute atomic E-state index is 7.15. The van der Waals surface area contributed by atoms with E-state index < -0.39 is 0 Å². The topological polar surface area (TPSA) is 87.2 Å². The molecule has 4 N–H and O–H groups in total. The van der Waals surface area contributed by atoms with Crippen molar-refractivity contribution in [1.29, 1.82) is 5.41 Å². The van der Waals surface area contributed by atoms with Crippen LogP contribution >= 0.6 is 11.3 Å². The van der Waals surface area contributed by atoms with Crippen LogP contribution in [0.1, 0.15) is 36.4 Å². The number of aromatic nitrogens is 1. The van der Waals surface area contributed by atoms with Gasteiger partial charge in [-0.25, -0.2) is 10.4 Å². The Labute approximate surface area is 134 Å². The molecule has 0 spiro atoms. The van der Waals surface area contributed by atoms with Gasteiger partial charge < -0.3 is 5.73 Å². The monoisotopic (exact) mass is 315 g/mol. The van der Waals surface area contributed by atoms with Gasteiger partial charge in [0.2, 0.25) is 5.96 Å². The van der Waals surface area contributed by atoms with Crippen LogP contribution in [0.15, 0.2) is 29.4 Å². The molecule has 0 aliphatic heterocycles. The van der Waals surface area contributed by atoms with Crippen LogP contribution in [0.25, 0.3) is 10.6 Å². The number of guanidine groups is 1. The minimum Gasteiger partial charge on any atom is -0.369 e. The van der Waals surface area contributed by atoms with Crippen LogP contribution in [-0.4, -0.2) is 16.7 Å². The van der Waals surface area contributed by atoms with Crippen molar-refractivity contribution >= 4 is 23.0 Å². The van der Waals surface area contributed by atoms with Gasteiger partial charge in [-0.2, -0.15) is 5.10 Å². The van der Waals surface area contributed by atoms with E-state index in [9.17, 15) is 0 Å². The second kappa shape index (κ2) is 7.17. The van der Waals surface area contributed by atoms with E-state index in [1.807, 2.05) is 13.8 Å². The molecule has 22 heavy (non-hydrogen) atoms. The zero-order valence-corrected chi connectivity index (χ0v) is 13.9. The zero-order valence-electron chi connectivity index (χ0n) is 13.1. The van der Waals surface area contributed by atoms with Crippen LogP contribution in [0.2, 0.25) is 0 Å². The molecule has 0 saturated carbocycles. The average molecular weight is 315 g/mol. The highest BCUT2D eigenvalue weighted by atomic mass is 32.1. The number of hydrogen-bond donors (Lipinski definition) is 3. The van der Waals surface area contributed by atoms with Crippen LogP contribution in [0.4, 0.5) is 0 Å². The molecule has 1 aromatic carbocycles. The fourth-order valence-corrected chi connectivity index (χ4v) is 3.17. The van der Waals surface area contributed by atoms with Gasteiger partial charge in [0.05, 0.1) is 16.3 Å². The van der Waals surface area contributed by atoms with E-state index >= 15 is 0 Å². The summed E-state index contributed by atoms with van der Waals surface area (Å²) in [7, 11) is 0. The van der Waals surface area contributed by atoms with Crippen molar-refractivity contribution in [2.24, 2.45) is 10.8 Å². The van der Waals surface area contributed by atoms with Gasteiger partial charge >= 0.3 is 0 Å². The highest BCUT2D eigenvalue weighted by molar-refractivity contribution is 7.17. The van der Waals surface area contributed by atoms with E-state index in [1.165, 1.54) is 5.56 Å². The molecule has 2 rings (SSSR count). The van der Waals surface area contributed by atoms with Crippen molar-refractivity contribution in [2.75, 3.05) is 0 Å². The summed E-state index contributed by atoms with van der Waals surface area (Å²) in [5, 5.41) is 12.2.